The molecule has 3 fully saturated rings. The van der Waals surface area contributed by atoms with E-state index in [1.807, 2.05) is 0 Å². The van der Waals surface area contributed by atoms with Crippen LogP contribution in [0.4, 0.5) is 0 Å². The van der Waals surface area contributed by atoms with Gasteiger partial charge >= 0.3 is 0 Å². The Morgan fingerprint density at radius 3 is 2.59 bits per heavy atom. The van der Waals surface area contributed by atoms with Crippen molar-refractivity contribution in [2.45, 2.75) is 44.9 Å². The maximum Gasteiger partial charge on any atom is 0.00381 e. The lowest BCUT2D eigenvalue weighted by Crippen LogP contribution is -2.49. The molecule has 2 saturated heterocycles. The van der Waals surface area contributed by atoms with Crippen LogP contribution in [0.15, 0.2) is 0 Å². The van der Waals surface area contributed by atoms with Crippen molar-refractivity contribution in [3.63, 3.8) is 0 Å². The first-order valence-corrected chi connectivity index (χ1v) is 7.29. The highest BCUT2D eigenvalue weighted by Gasteiger charge is 2.40. The smallest absolute Gasteiger partial charge is 0.00381 e. The standard InChI is InChI=1S/C14H26N2.ClH/c1-4-13(10-15-8-1)11-16-9-3-7-14(12-16)5-2-6-14;/h13,15H,1-12H2;1H. The summed E-state index contributed by atoms with van der Waals surface area (Å²) in [6, 6.07) is 0. The molecule has 3 heteroatoms. The zero-order valence-electron chi connectivity index (χ0n) is 10.9. The summed E-state index contributed by atoms with van der Waals surface area (Å²) in [6.07, 6.45) is 10.4. The Morgan fingerprint density at radius 2 is 1.94 bits per heavy atom. The lowest BCUT2D eigenvalue weighted by Gasteiger charge is -2.49. The molecule has 100 valence electrons. The van der Waals surface area contributed by atoms with Gasteiger partial charge in [0.2, 0.25) is 0 Å². The second-order valence-electron chi connectivity index (χ2n) is 6.40. The van der Waals surface area contributed by atoms with E-state index < -0.39 is 0 Å². The maximum absolute atomic E-state index is 3.55. The number of hydrogen-bond donors (Lipinski definition) is 1. The Balaban J connectivity index is 0.00000108. The number of halogens is 1. The molecule has 3 aliphatic rings. The summed E-state index contributed by atoms with van der Waals surface area (Å²) in [6.45, 7) is 6.68. The van der Waals surface area contributed by atoms with Crippen LogP contribution in [-0.4, -0.2) is 37.6 Å². The lowest BCUT2D eigenvalue weighted by atomic mass is 9.64. The number of nitrogens with zero attached hydrogens (tertiary/aromatic N) is 1. The summed E-state index contributed by atoms with van der Waals surface area (Å²) in [4.78, 5) is 2.78. The molecule has 0 bridgehead atoms. The van der Waals surface area contributed by atoms with E-state index in [0.717, 1.165) is 11.3 Å². The molecular formula is C14H27ClN2. The van der Waals surface area contributed by atoms with Gasteiger partial charge in [-0.05, 0) is 69.5 Å². The van der Waals surface area contributed by atoms with Crippen molar-refractivity contribution in [3.05, 3.63) is 0 Å². The van der Waals surface area contributed by atoms with Gasteiger partial charge in [0.05, 0.1) is 0 Å². The third-order valence-electron chi connectivity index (χ3n) is 5.07. The molecule has 1 unspecified atom stereocenters. The van der Waals surface area contributed by atoms with Crippen LogP contribution in [0.25, 0.3) is 0 Å². The Labute approximate surface area is 112 Å². The maximum atomic E-state index is 3.55. The molecule has 3 rings (SSSR count). The molecule has 0 aromatic rings. The van der Waals surface area contributed by atoms with Crippen LogP contribution < -0.4 is 5.32 Å². The van der Waals surface area contributed by atoms with Crippen molar-refractivity contribution in [1.82, 2.24) is 10.2 Å². The monoisotopic (exact) mass is 258 g/mol. The van der Waals surface area contributed by atoms with Crippen LogP contribution in [-0.2, 0) is 0 Å². The summed E-state index contributed by atoms with van der Waals surface area (Å²) in [7, 11) is 0. The van der Waals surface area contributed by atoms with Gasteiger partial charge in [-0.1, -0.05) is 6.42 Å². The summed E-state index contributed by atoms with van der Waals surface area (Å²) in [5.41, 5.74) is 0.778. The van der Waals surface area contributed by atoms with E-state index in [4.69, 9.17) is 0 Å². The van der Waals surface area contributed by atoms with Crippen LogP contribution in [0, 0.1) is 11.3 Å². The van der Waals surface area contributed by atoms with Crippen molar-refractivity contribution in [2.75, 3.05) is 32.7 Å². The molecular weight excluding hydrogens is 232 g/mol. The van der Waals surface area contributed by atoms with Crippen molar-refractivity contribution in [2.24, 2.45) is 11.3 Å². The molecule has 1 saturated carbocycles. The first kappa shape index (κ1) is 13.6. The fraction of sp³-hybridized carbons (Fsp3) is 1.00. The highest BCUT2D eigenvalue weighted by molar-refractivity contribution is 5.85. The van der Waals surface area contributed by atoms with Crippen LogP contribution in [0.3, 0.4) is 0 Å². The Bertz CT molecular complexity index is 234. The highest BCUT2D eigenvalue weighted by atomic mass is 35.5. The number of rotatable bonds is 2. The lowest BCUT2D eigenvalue weighted by molar-refractivity contribution is 0.0119. The zero-order chi connectivity index (χ0) is 10.8. The highest BCUT2D eigenvalue weighted by Crippen LogP contribution is 2.47. The number of nitrogens with one attached hydrogen (secondary N) is 1. The molecule has 1 spiro atoms. The molecule has 1 aliphatic carbocycles. The van der Waals surface area contributed by atoms with E-state index in [9.17, 15) is 0 Å². The van der Waals surface area contributed by atoms with E-state index in [0.29, 0.717) is 0 Å². The van der Waals surface area contributed by atoms with Gasteiger partial charge in [0, 0.05) is 13.1 Å². The SMILES string of the molecule is C1CNCC(CN2CCCC3(CCC3)C2)C1.Cl. The Hall–Kier alpha value is 0.210. The van der Waals surface area contributed by atoms with E-state index in [2.05, 4.69) is 10.2 Å². The number of piperidine rings is 2. The van der Waals surface area contributed by atoms with Gasteiger partial charge in [0.1, 0.15) is 0 Å². The van der Waals surface area contributed by atoms with Crippen LogP contribution >= 0.6 is 12.4 Å². The van der Waals surface area contributed by atoms with E-state index in [-0.39, 0.29) is 12.4 Å². The minimum absolute atomic E-state index is 0. The van der Waals surface area contributed by atoms with Crippen LogP contribution in [0.5, 0.6) is 0 Å². The normalized spacial score (nSPS) is 32.8. The number of likely N-dealkylation sites (tertiary alicyclic amines) is 1. The topological polar surface area (TPSA) is 15.3 Å². The second kappa shape index (κ2) is 5.90. The zero-order valence-corrected chi connectivity index (χ0v) is 11.7. The van der Waals surface area contributed by atoms with Crippen molar-refractivity contribution >= 4 is 12.4 Å². The Kier molecular flexibility index (Phi) is 4.73. The molecule has 0 amide bonds. The molecule has 17 heavy (non-hydrogen) atoms. The van der Waals surface area contributed by atoms with Gasteiger partial charge in [0.25, 0.3) is 0 Å². The van der Waals surface area contributed by atoms with Gasteiger partial charge < -0.3 is 10.2 Å². The van der Waals surface area contributed by atoms with Gasteiger partial charge in [-0.2, -0.15) is 0 Å². The van der Waals surface area contributed by atoms with Crippen molar-refractivity contribution in [1.29, 1.82) is 0 Å². The van der Waals surface area contributed by atoms with Gasteiger partial charge in [-0.3, -0.25) is 0 Å². The predicted molar refractivity (Wildman–Crippen MR) is 74.8 cm³/mol. The van der Waals surface area contributed by atoms with E-state index >= 15 is 0 Å². The molecule has 2 aliphatic heterocycles. The summed E-state index contributed by atoms with van der Waals surface area (Å²) in [5.74, 6) is 0.934. The second-order valence-corrected chi connectivity index (χ2v) is 6.40. The predicted octanol–water partition coefficient (Wildman–Crippen LogP) is 2.67. The minimum Gasteiger partial charge on any atom is -0.316 e. The molecule has 2 nitrogen and oxygen atoms in total. The average molecular weight is 259 g/mol. The molecule has 2 heterocycles. The third kappa shape index (κ3) is 3.15. The van der Waals surface area contributed by atoms with Gasteiger partial charge in [-0.25, -0.2) is 0 Å². The van der Waals surface area contributed by atoms with Gasteiger partial charge in [0.15, 0.2) is 0 Å². The molecule has 0 radical (unpaired) electrons. The number of hydrogen-bond acceptors (Lipinski definition) is 2. The van der Waals surface area contributed by atoms with E-state index in [1.165, 1.54) is 77.7 Å². The first-order chi connectivity index (χ1) is 7.86. The van der Waals surface area contributed by atoms with E-state index in [1.54, 1.807) is 0 Å². The Morgan fingerprint density at radius 1 is 1.12 bits per heavy atom. The minimum atomic E-state index is 0. The quantitative estimate of drug-likeness (QED) is 0.819. The fourth-order valence-electron chi connectivity index (χ4n) is 4.00. The summed E-state index contributed by atoms with van der Waals surface area (Å²) >= 11 is 0. The molecule has 0 aromatic carbocycles. The van der Waals surface area contributed by atoms with Crippen molar-refractivity contribution < 1.29 is 0 Å². The van der Waals surface area contributed by atoms with Crippen LogP contribution in [0.1, 0.15) is 44.9 Å². The third-order valence-corrected chi connectivity index (χ3v) is 5.07. The first-order valence-electron chi connectivity index (χ1n) is 7.29. The molecule has 1 atom stereocenters. The summed E-state index contributed by atoms with van der Waals surface area (Å²) < 4.78 is 0. The van der Waals surface area contributed by atoms with Crippen molar-refractivity contribution in [3.8, 4) is 0 Å². The molecule has 0 aromatic heterocycles. The largest absolute Gasteiger partial charge is 0.316 e. The summed E-state index contributed by atoms with van der Waals surface area (Å²) in [5, 5.41) is 3.55. The average Bonchev–Trinajstić information content (AvgIpc) is 2.29. The molecule has 1 N–H and O–H groups in total. The van der Waals surface area contributed by atoms with Gasteiger partial charge in [-0.15, -0.1) is 12.4 Å². The van der Waals surface area contributed by atoms with Crippen LogP contribution in [0.2, 0.25) is 0 Å². The fourth-order valence-corrected chi connectivity index (χ4v) is 4.00.